The van der Waals surface area contributed by atoms with E-state index in [0.29, 0.717) is 12.5 Å². The molecule has 0 heterocycles. The van der Waals surface area contributed by atoms with Crippen LogP contribution in [0.15, 0.2) is 42.1 Å². The molecule has 0 radical (unpaired) electrons. The number of carbonyl (C=O) groups excluding carboxylic acids is 1. The average Bonchev–Trinajstić information content (AvgIpc) is 2.24. The maximum Gasteiger partial charge on any atom is 0.163 e. The molecule has 0 amide bonds. The van der Waals surface area contributed by atoms with Crippen LogP contribution in [0, 0.1) is 0 Å². The third kappa shape index (κ3) is 2.27. The lowest BCUT2D eigenvalue weighted by Gasteiger charge is -2.23. The largest absolute Gasteiger partial charge is 0.381 e. The van der Waals surface area contributed by atoms with Gasteiger partial charge in [0.2, 0.25) is 0 Å². The van der Waals surface area contributed by atoms with Crippen molar-refractivity contribution in [2.24, 2.45) is 0 Å². The number of nitrogens with one attached hydrogen (secondary N) is 1. The Kier molecular flexibility index (Phi) is 2.86. The van der Waals surface area contributed by atoms with E-state index in [0.717, 1.165) is 12.1 Å². The third-order valence-electron chi connectivity index (χ3n) is 2.67. The summed E-state index contributed by atoms with van der Waals surface area (Å²) in [6.07, 6.45) is 3.28. The number of benzene rings is 1. The minimum atomic E-state index is 0.223. The fourth-order valence-corrected chi connectivity index (χ4v) is 1.78. The van der Waals surface area contributed by atoms with E-state index < -0.39 is 0 Å². The Labute approximate surface area is 90.0 Å². The van der Waals surface area contributed by atoms with Gasteiger partial charge in [0.25, 0.3) is 0 Å². The first kappa shape index (κ1) is 9.97. The highest BCUT2D eigenvalue weighted by Crippen LogP contribution is 2.21. The van der Waals surface area contributed by atoms with Gasteiger partial charge < -0.3 is 5.32 Å². The molecule has 0 aromatic heterocycles. The predicted molar refractivity (Wildman–Crippen MR) is 60.3 cm³/mol. The quantitative estimate of drug-likeness (QED) is 0.811. The molecule has 2 nitrogen and oxygen atoms in total. The molecule has 15 heavy (non-hydrogen) atoms. The summed E-state index contributed by atoms with van der Waals surface area (Å²) in [5.41, 5.74) is 2.34. The molecule has 1 N–H and O–H groups in total. The first-order valence-electron chi connectivity index (χ1n) is 5.34. The maximum atomic E-state index is 10.8. The summed E-state index contributed by atoms with van der Waals surface area (Å²) in [4.78, 5) is 10.8. The Hall–Kier alpha value is -1.57. The topological polar surface area (TPSA) is 29.1 Å². The van der Waals surface area contributed by atoms with Crippen molar-refractivity contribution in [2.75, 3.05) is 0 Å². The van der Waals surface area contributed by atoms with Crippen molar-refractivity contribution >= 4 is 5.78 Å². The van der Waals surface area contributed by atoms with Crippen LogP contribution in [0.3, 0.4) is 0 Å². The van der Waals surface area contributed by atoms with Crippen LogP contribution in [0.5, 0.6) is 0 Å². The first-order chi connectivity index (χ1) is 7.29. The summed E-state index contributed by atoms with van der Waals surface area (Å²) in [7, 11) is 0. The van der Waals surface area contributed by atoms with Crippen LogP contribution in [-0.2, 0) is 4.79 Å². The Morgan fingerprint density at radius 3 is 2.53 bits per heavy atom. The second-order valence-corrected chi connectivity index (χ2v) is 3.83. The van der Waals surface area contributed by atoms with Crippen molar-refractivity contribution in [3.05, 3.63) is 47.7 Å². The average molecular weight is 201 g/mol. The normalized spacial score (nSPS) is 16.6. The van der Waals surface area contributed by atoms with E-state index in [2.05, 4.69) is 24.4 Å². The summed E-state index contributed by atoms with van der Waals surface area (Å²) in [6, 6.07) is 10.7. The van der Waals surface area contributed by atoms with Gasteiger partial charge in [-0.2, -0.15) is 0 Å². The lowest BCUT2D eigenvalue weighted by molar-refractivity contribution is -0.115. The molecule has 0 saturated carbocycles. The molecule has 1 aliphatic carbocycles. The molecule has 78 valence electrons. The molecule has 1 aromatic rings. The molecule has 1 aliphatic rings. The Morgan fingerprint density at radius 2 is 2.00 bits per heavy atom. The van der Waals surface area contributed by atoms with Crippen LogP contribution in [0.1, 0.15) is 31.4 Å². The van der Waals surface area contributed by atoms with Crippen LogP contribution in [0.25, 0.3) is 0 Å². The number of hydrogen-bond acceptors (Lipinski definition) is 2. The van der Waals surface area contributed by atoms with Crippen LogP contribution in [0.4, 0.5) is 0 Å². The van der Waals surface area contributed by atoms with Gasteiger partial charge in [-0.3, -0.25) is 4.79 Å². The third-order valence-corrected chi connectivity index (χ3v) is 2.67. The lowest BCUT2D eigenvalue weighted by Crippen LogP contribution is -2.26. The number of hydrogen-bond donors (Lipinski definition) is 1. The molecule has 0 unspecified atom stereocenters. The Balaban J connectivity index is 2.05. The van der Waals surface area contributed by atoms with Crippen molar-refractivity contribution in [1.29, 1.82) is 0 Å². The van der Waals surface area contributed by atoms with Gasteiger partial charge in [0.1, 0.15) is 0 Å². The standard InChI is InChI=1S/C13H15NO/c1-2-13(10-6-4-3-5-7-10)14-11-8-12(15)9-11/h3-8,13-14H,2,9H2,1H3/t13-/m1/s1. The fourth-order valence-electron chi connectivity index (χ4n) is 1.78. The minimum Gasteiger partial charge on any atom is -0.381 e. The summed E-state index contributed by atoms with van der Waals surface area (Å²) >= 11 is 0. The number of rotatable bonds is 4. The van der Waals surface area contributed by atoms with E-state index >= 15 is 0 Å². The van der Waals surface area contributed by atoms with Crippen molar-refractivity contribution in [3.63, 3.8) is 0 Å². The summed E-state index contributed by atoms with van der Waals surface area (Å²) in [5, 5.41) is 3.39. The van der Waals surface area contributed by atoms with Crippen molar-refractivity contribution < 1.29 is 4.79 Å². The summed E-state index contributed by atoms with van der Waals surface area (Å²) in [5.74, 6) is 0.223. The van der Waals surface area contributed by atoms with E-state index in [1.54, 1.807) is 6.08 Å². The van der Waals surface area contributed by atoms with Gasteiger partial charge in [0.05, 0.1) is 12.5 Å². The Bertz CT molecular complexity index is 381. The number of allylic oxidation sites excluding steroid dienone is 2. The van der Waals surface area contributed by atoms with Gasteiger partial charge in [0, 0.05) is 11.8 Å². The minimum absolute atomic E-state index is 0.223. The van der Waals surface area contributed by atoms with Crippen molar-refractivity contribution in [2.45, 2.75) is 25.8 Å². The molecule has 1 aromatic carbocycles. The molecule has 0 bridgehead atoms. The smallest absolute Gasteiger partial charge is 0.163 e. The molecule has 2 heteroatoms. The van der Waals surface area contributed by atoms with Gasteiger partial charge in [0.15, 0.2) is 5.78 Å². The van der Waals surface area contributed by atoms with E-state index in [4.69, 9.17) is 0 Å². The molecule has 0 fully saturated rings. The lowest BCUT2D eigenvalue weighted by atomic mass is 10.00. The van der Waals surface area contributed by atoms with Gasteiger partial charge in [-0.15, -0.1) is 0 Å². The van der Waals surface area contributed by atoms with E-state index in [-0.39, 0.29) is 5.78 Å². The summed E-state index contributed by atoms with van der Waals surface area (Å²) < 4.78 is 0. The van der Waals surface area contributed by atoms with Gasteiger partial charge in [-0.25, -0.2) is 0 Å². The van der Waals surface area contributed by atoms with Crippen LogP contribution >= 0.6 is 0 Å². The molecular weight excluding hydrogens is 186 g/mol. The SMILES string of the molecule is CC[C@@H](NC1=CC(=O)C1)c1ccccc1. The zero-order valence-corrected chi connectivity index (χ0v) is 8.86. The molecule has 1 atom stereocenters. The second kappa shape index (κ2) is 4.30. The van der Waals surface area contributed by atoms with Gasteiger partial charge in [-0.1, -0.05) is 37.3 Å². The molecular formula is C13H15NO. The van der Waals surface area contributed by atoms with Crippen molar-refractivity contribution in [1.82, 2.24) is 5.32 Å². The first-order valence-corrected chi connectivity index (χ1v) is 5.34. The molecule has 0 saturated heterocycles. The highest BCUT2D eigenvalue weighted by molar-refractivity contribution is 5.98. The van der Waals surface area contributed by atoms with E-state index in [1.807, 2.05) is 18.2 Å². The van der Waals surface area contributed by atoms with Crippen LogP contribution in [-0.4, -0.2) is 5.78 Å². The maximum absolute atomic E-state index is 10.8. The predicted octanol–water partition coefficient (Wildman–Crippen LogP) is 2.58. The fraction of sp³-hybridized carbons (Fsp3) is 0.308. The van der Waals surface area contributed by atoms with Crippen LogP contribution in [0.2, 0.25) is 0 Å². The second-order valence-electron chi connectivity index (χ2n) is 3.83. The highest BCUT2D eigenvalue weighted by atomic mass is 16.1. The zero-order chi connectivity index (χ0) is 10.7. The molecule has 2 rings (SSSR count). The van der Waals surface area contributed by atoms with E-state index in [1.165, 1.54) is 5.56 Å². The van der Waals surface area contributed by atoms with Crippen molar-refractivity contribution in [3.8, 4) is 0 Å². The monoisotopic (exact) mass is 201 g/mol. The van der Waals surface area contributed by atoms with Crippen LogP contribution < -0.4 is 5.32 Å². The zero-order valence-electron chi connectivity index (χ0n) is 8.86. The van der Waals surface area contributed by atoms with E-state index in [9.17, 15) is 4.79 Å². The molecule has 0 aliphatic heterocycles. The van der Waals surface area contributed by atoms with Gasteiger partial charge in [-0.05, 0) is 12.0 Å². The number of ketones is 1. The molecule has 0 spiro atoms. The summed E-state index contributed by atoms with van der Waals surface area (Å²) in [6.45, 7) is 2.14. The Morgan fingerprint density at radius 1 is 1.33 bits per heavy atom. The van der Waals surface area contributed by atoms with Gasteiger partial charge >= 0.3 is 0 Å². The highest BCUT2D eigenvalue weighted by Gasteiger charge is 2.18. The number of carbonyl (C=O) groups is 1.